The van der Waals surface area contributed by atoms with Gasteiger partial charge in [-0.15, -0.1) is 0 Å². The molecule has 0 saturated heterocycles. The second-order valence-electron chi connectivity index (χ2n) is 3.72. The third-order valence-corrected chi connectivity index (χ3v) is 4.28. The molecule has 0 unspecified atom stereocenters. The molecular formula is C13H9BrClNO2S. The van der Waals surface area contributed by atoms with Crippen LogP contribution in [0.5, 0.6) is 0 Å². The molecule has 0 bridgehead atoms. The lowest BCUT2D eigenvalue weighted by Gasteiger charge is -1.99. The molecule has 6 heteroatoms. The maximum Gasteiger partial charge on any atom is 0.282 e. The smallest absolute Gasteiger partial charge is 0.199 e. The van der Waals surface area contributed by atoms with Crippen LogP contribution in [0, 0.1) is 0 Å². The minimum Gasteiger partial charge on any atom is -0.199 e. The van der Waals surface area contributed by atoms with Crippen molar-refractivity contribution in [1.82, 2.24) is 0 Å². The summed E-state index contributed by atoms with van der Waals surface area (Å²) in [6, 6.07) is 13.2. The summed E-state index contributed by atoms with van der Waals surface area (Å²) < 4.78 is 28.3. The van der Waals surface area contributed by atoms with Gasteiger partial charge in [-0.1, -0.05) is 45.7 Å². The first-order valence-corrected chi connectivity index (χ1v) is 7.90. The summed E-state index contributed by atoms with van der Waals surface area (Å²) in [5, 5.41) is 0.590. The molecule has 0 aliphatic rings. The molecule has 98 valence electrons. The highest BCUT2D eigenvalue weighted by atomic mass is 79.9. The van der Waals surface area contributed by atoms with Gasteiger partial charge >= 0.3 is 0 Å². The topological polar surface area (TPSA) is 46.5 Å². The summed E-state index contributed by atoms with van der Waals surface area (Å²) in [7, 11) is -3.68. The van der Waals surface area contributed by atoms with E-state index in [4.69, 9.17) is 11.6 Å². The standard InChI is InChI=1S/C13H9BrClNO2S/c14-11-2-1-3-13(8-11)19(17,18)16-9-10-4-6-12(15)7-5-10/h1-9H. The van der Waals surface area contributed by atoms with Crippen LogP contribution in [-0.4, -0.2) is 14.6 Å². The van der Waals surface area contributed by atoms with Gasteiger partial charge in [-0.25, -0.2) is 0 Å². The van der Waals surface area contributed by atoms with Crippen LogP contribution in [0.4, 0.5) is 0 Å². The molecule has 19 heavy (non-hydrogen) atoms. The number of hydrogen-bond donors (Lipinski definition) is 0. The van der Waals surface area contributed by atoms with Gasteiger partial charge in [0, 0.05) is 15.7 Å². The molecule has 2 aromatic carbocycles. The molecule has 0 fully saturated rings. The lowest BCUT2D eigenvalue weighted by Crippen LogP contribution is -1.97. The van der Waals surface area contributed by atoms with Crippen LogP contribution in [0.2, 0.25) is 5.02 Å². The molecule has 0 aliphatic heterocycles. The fourth-order valence-electron chi connectivity index (χ4n) is 1.37. The molecule has 0 radical (unpaired) electrons. The Balaban J connectivity index is 2.29. The van der Waals surface area contributed by atoms with Gasteiger partial charge in [0.05, 0.1) is 4.90 Å². The lowest BCUT2D eigenvalue weighted by molar-refractivity contribution is 0.598. The Kier molecular flexibility index (Phi) is 4.39. The fourth-order valence-corrected chi connectivity index (χ4v) is 2.95. The highest BCUT2D eigenvalue weighted by Crippen LogP contribution is 2.18. The molecule has 0 saturated carbocycles. The van der Waals surface area contributed by atoms with Gasteiger partial charge in [0.15, 0.2) is 0 Å². The van der Waals surface area contributed by atoms with Crippen LogP contribution in [0.1, 0.15) is 5.56 Å². The van der Waals surface area contributed by atoms with Crippen LogP contribution in [0.3, 0.4) is 0 Å². The molecule has 0 atom stereocenters. The molecular weight excluding hydrogens is 350 g/mol. The van der Waals surface area contributed by atoms with Gasteiger partial charge in [0.2, 0.25) is 0 Å². The van der Waals surface area contributed by atoms with Gasteiger partial charge in [-0.3, -0.25) is 0 Å². The van der Waals surface area contributed by atoms with E-state index in [9.17, 15) is 8.42 Å². The second-order valence-corrected chi connectivity index (χ2v) is 6.70. The summed E-state index contributed by atoms with van der Waals surface area (Å²) in [6.07, 6.45) is 1.30. The van der Waals surface area contributed by atoms with Crippen molar-refractivity contribution in [3.05, 3.63) is 63.6 Å². The number of nitrogens with zero attached hydrogens (tertiary/aromatic N) is 1. The van der Waals surface area contributed by atoms with E-state index in [-0.39, 0.29) is 4.90 Å². The van der Waals surface area contributed by atoms with Crippen molar-refractivity contribution in [1.29, 1.82) is 0 Å². The van der Waals surface area contributed by atoms with E-state index in [1.807, 2.05) is 0 Å². The lowest BCUT2D eigenvalue weighted by atomic mass is 10.2. The number of rotatable bonds is 3. The predicted octanol–water partition coefficient (Wildman–Crippen LogP) is 3.91. The van der Waals surface area contributed by atoms with Crippen molar-refractivity contribution in [3.63, 3.8) is 0 Å². The average molecular weight is 359 g/mol. The summed E-state index contributed by atoms with van der Waals surface area (Å²) in [4.78, 5) is 0.145. The SMILES string of the molecule is O=S(=O)(N=Cc1ccc(Cl)cc1)c1cccc(Br)c1. The third-order valence-electron chi connectivity index (χ3n) is 2.30. The molecule has 0 heterocycles. The number of sulfonamides is 1. The van der Waals surface area contributed by atoms with Crippen molar-refractivity contribution in [2.75, 3.05) is 0 Å². The quantitative estimate of drug-likeness (QED) is 0.781. The Morgan fingerprint density at radius 3 is 2.42 bits per heavy atom. The van der Waals surface area contributed by atoms with Crippen molar-refractivity contribution < 1.29 is 8.42 Å². The van der Waals surface area contributed by atoms with E-state index in [0.29, 0.717) is 15.1 Å². The number of halogens is 2. The minimum atomic E-state index is -3.68. The largest absolute Gasteiger partial charge is 0.282 e. The van der Waals surface area contributed by atoms with Crippen LogP contribution < -0.4 is 0 Å². The Morgan fingerprint density at radius 1 is 1.11 bits per heavy atom. The van der Waals surface area contributed by atoms with E-state index >= 15 is 0 Å². The van der Waals surface area contributed by atoms with Crippen molar-refractivity contribution in [2.45, 2.75) is 4.90 Å². The monoisotopic (exact) mass is 357 g/mol. The van der Waals surface area contributed by atoms with Crippen molar-refractivity contribution >= 4 is 43.8 Å². The van der Waals surface area contributed by atoms with Crippen LogP contribution in [0.15, 0.2) is 62.3 Å². The number of hydrogen-bond acceptors (Lipinski definition) is 2. The zero-order valence-electron chi connectivity index (χ0n) is 9.62. The maximum atomic E-state index is 12.0. The average Bonchev–Trinajstić information content (AvgIpc) is 2.38. The van der Waals surface area contributed by atoms with Crippen LogP contribution in [-0.2, 0) is 10.0 Å². The first-order valence-electron chi connectivity index (χ1n) is 5.29. The van der Waals surface area contributed by atoms with E-state index in [2.05, 4.69) is 20.3 Å². The highest BCUT2D eigenvalue weighted by Gasteiger charge is 2.11. The number of benzene rings is 2. The molecule has 0 amide bonds. The Bertz CT molecular complexity index is 712. The van der Waals surface area contributed by atoms with Gasteiger partial charge in [0.25, 0.3) is 10.0 Å². The van der Waals surface area contributed by atoms with Crippen molar-refractivity contribution in [2.24, 2.45) is 4.40 Å². The van der Waals surface area contributed by atoms with E-state index in [1.54, 1.807) is 36.4 Å². The Labute approximate surface area is 125 Å². The molecule has 0 aromatic heterocycles. The molecule has 0 N–H and O–H groups in total. The minimum absolute atomic E-state index is 0.145. The second kappa shape index (κ2) is 5.86. The van der Waals surface area contributed by atoms with Crippen LogP contribution >= 0.6 is 27.5 Å². The van der Waals surface area contributed by atoms with Gasteiger partial charge in [-0.05, 0) is 35.9 Å². The van der Waals surface area contributed by atoms with E-state index < -0.39 is 10.0 Å². The summed E-state index contributed by atoms with van der Waals surface area (Å²) in [6.45, 7) is 0. The predicted molar refractivity (Wildman–Crippen MR) is 80.4 cm³/mol. The molecule has 2 aromatic rings. The maximum absolute atomic E-state index is 12.0. The summed E-state index contributed by atoms with van der Waals surface area (Å²) in [5.74, 6) is 0. The zero-order valence-corrected chi connectivity index (χ0v) is 12.8. The first-order chi connectivity index (χ1) is 8.97. The summed E-state index contributed by atoms with van der Waals surface area (Å²) >= 11 is 8.97. The van der Waals surface area contributed by atoms with Gasteiger partial charge < -0.3 is 0 Å². The highest BCUT2D eigenvalue weighted by molar-refractivity contribution is 9.10. The molecule has 2 rings (SSSR count). The zero-order chi connectivity index (χ0) is 13.9. The fraction of sp³-hybridized carbons (Fsp3) is 0. The summed E-state index contributed by atoms with van der Waals surface area (Å²) in [5.41, 5.74) is 0.669. The van der Waals surface area contributed by atoms with Gasteiger partial charge in [-0.2, -0.15) is 12.8 Å². The molecule has 0 spiro atoms. The van der Waals surface area contributed by atoms with Crippen molar-refractivity contribution in [3.8, 4) is 0 Å². The van der Waals surface area contributed by atoms with Crippen LogP contribution in [0.25, 0.3) is 0 Å². The Morgan fingerprint density at radius 2 is 1.79 bits per heavy atom. The molecule has 3 nitrogen and oxygen atoms in total. The molecule has 0 aliphatic carbocycles. The third kappa shape index (κ3) is 3.89. The van der Waals surface area contributed by atoms with Gasteiger partial charge in [0.1, 0.15) is 0 Å². The van der Waals surface area contributed by atoms with E-state index in [1.165, 1.54) is 18.3 Å². The Hall–Kier alpha value is -1.17. The van der Waals surface area contributed by atoms with E-state index in [0.717, 1.165) is 0 Å². The normalized spacial score (nSPS) is 11.9. The first kappa shape index (κ1) is 14.2.